The van der Waals surface area contributed by atoms with Crippen molar-refractivity contribution in [1.29, 1.82) is 0 Å². The van der Waals surface area contributed by atoms with Crippen LogP contribution in [-0.2, 0) is 0 Å². The third-order valence-electron chi connectivity index (χ3n) is 4.43. The molecule has 0 radical (unpaired) electrons. The molecule has 0 spiro atoms. The summed E-state index contributed by atoms with van der Waals surface area (Å²) in [4.78, 5) is 28.8. The summed E-state index contributed by atoms with van der Waals surface area (Å²) in [5.74, 6) is -0.562. The largest absolute Gasteiger partial charge is 0.328 e. The number of hydrogen-bond acceptors (Lipinski definition) is 2. The summed E-state index contributed by atoms with van der Waals surface area (Å²) in [7, 11) is 1.62. The highest BCUT2D eigenvalue weighted by Gasteiger charge is 2.21. The summed E-state index contributed by atoms with van der Waals surface area (Å²) in [5.41, 5.74) is 0.821. The topological polar surface area (TPSA) is 65.2 Å². The Morgan fingerprint density at radius 3 is 2.67 bits per heavy atom. The summed E-state index contributed by atoms with van der Waals surface area (Å²) >= 11 is 11.9. The number of fused-ring (bicyclic) bond motifs is 1. The number of nitrogens with one attached hydrogen (secondary N) is 2. The van der Waals surface area contributed by atoms with Gasteiger partial charge in [-0.25, -0.2) is 9.18 Å². The van der Waals surface area contributed by atoms with Gasteiger partial charge in [-0.1, -0.05) is 35.3 Å². The first-order chi connectivity index (χ1) is 12.8. The van der Waals surface area contributed by atoms with Gasteiger partial charge in [0.25, 0.3) is 5.56 Å². The lowest BCUT2D eigenvalue weighted by molar-refractivity contribution is 0.208. The Hall–Kier alpha value is -2.57. The molecule has 3 aromatic rings. The molecule has 2 N–H and O–H groups in total. The van der Waals surface area contributed by atoms with Crippen molar-refractivity contribution in [2.75, 3.05) is 12.4 Å². The van der Waals surface area contributed by atoms with E-state index in [-0.39, 0.29) is 16.6 Å². The Bertz CT molecular complexity index is 1080. The van der Waals surface area contributed by atoms with Crippen LogP contribution >= 0.6 is 23.2 Å². The van der Waals surface area contributed by atoms with Crippen LogP contribution in [0, 0.1) is 5.82 Å². The van der Waals surface area contributed by atoms with Crippen LogP contribution in [-0.4, -0.2) is 23.0 Å². The molecule has 0 unspecified atom stereocenters. The number of pyridine rings is 1. The number of hydrogen-bond donors (Lipinski definition) is 2. The highest BCUT2D eigenvalue weighted by atomic mass is 35.5. The molecule has 2 amide bonds. The number of H-pyrrole nitrogens is 1. The number of nitrogens with zero attached hydrogens (tertiary/aromatic N) is 1. The molecule has 0 aliphatic rings. The lowest BCUT2D eigenvalue weighted by atomic mass is 10.0. The molecule has 0 fully saturated rings. The average molecular weight is 408 g/mol. The molecule has 0 saturated heterocycles. The molecule has 1 heterocycles. The summed E-state index contributed by atoms with van der Waals surface area (Å²) < 4.78 is 13.3. The number of halogens is 3. The first kappa shape index (κ1) is 19.2. The number of carbonyl (C=O) groups is 1. The molecule has 0 bridgehead atoms. The lowest BCUT2D eigenvalue weighted by Gasteiger charge is -2.26. The van der Waals surface area contributed by atoms with E-state index in [0.29, 0.717) is 21.5 Å². The number of urea groups is 1. The van der Waals surface area contributed by atoms with Gasteiger partial charge < -0.3 is 15.2 Å². The average Bonchev–Trinajstić information content (AvgIpc) is 2.64. The van der Waals surface area contributed by atoms with Crippen molar-refractivity contribution in [3.63, 3.8) is 0 Å². The molecule has 8 heteroatoms. The molecule has 1 aromatic heterocycles. The second kappa shape index (κ2) is 7.58. The molecule has 0 aliphatic heterocycles. The van der Waals surface area contributed by atoms with E-state index in [0.717, 1.165) is 5.56 Å². The van der Waals surface area contributed by atoms with Crippen LogP contribution in [0.2, 0.25) is 10.0 Å². The van der Waals surface area contributed by atoms with Crippen molar-refractivity contribution in [2.24, 2.45) is 0 Å². The zero-order valence-corrected chi connectivity index (χ0v) is 16.0. The van der Waals surface area contributed by atoms with Gasteiger partial charge >= 0.3 is 6.03 Å². The zero-order valence-electron chi connectivity index (χ0n) is 14.5. The van der Waals surface area contributed by atoms with E-state index in [1.807, 2.05) is 6.92 Å². The van der Waals surface area contributed by atoms with Gasteiger partial charge in [-0.2, -0.15) is 0 Å². The highest BCUT2D eigenvalue weighted by Crippen LogP contribution is 2.29. The fraction of sp³-hybridized carbons (Fsp3) is 0.158. The fourth-order valence-corrected chi connectivity index (χ4v) is 3.25. The number of aromatic nitrogens is 1. The second-order valence-electron chi connectivity index (χ2n) is 6.08. The molecule has 0 saturated carbocycles. The Kier molecular flexibility index (Phi) is 5.39. The summed E-state index contributed by atoms with van der Waals surface area (Å²) in [6.45, 7) is 1.82. The lowest BCUT2D eigenvalue weighted by Crippen LogP contribution is -2.34. The summed E-state index contributed by atoms with van der Waals surface area (Å²) in [5, 5.41) is 3.98. The fourth-order valence-electron chi connectivity index (χ4n) is 2.80. The van der Waals surface area contributed by atoms with Crippen LogP contribution in [0.15, 0.2) is 47.4 Å². The number of amides is 2. The van der Waals surface area contributed by atoms with Crippen molar-refractivity contribution in [3.05, 3.63) is 74.4 Å². The Morgan fingerprint density at radius 2 is 1.96 bits per heavy atom. The minimum absolute atomic E-state index is 0.0789. The number of anilines is 1. The van der Waals surface area contributed by atoms with Gasteiger partial charge in [0.05, 0.1) is 21.5 Å². The van der Waals surface area contributed by atoms with Gasteiger partial charge in [0.2, 0.25) is 0 Å². The molecule has 140 valence electrons. The summed E-state index contributed by atoms with van der Waals surface area (Å²) in [6.07, 6.45) is 1.57. The van der Waals surface area contributed by atoms with Crippen LogP contribution < -0.4 is 10.9 Å². The van der Waals surface area contributed by atoms with Crippen LogP contribution in [0.5, 0.6) is 0 Å². The molecule has 27 heavy (non-hydrogen) atoms. The Labute approximate surface area is 164 Å². The van der Waals surface area contributed by atoms with Gasteiger partial charge in [-0.3, -0.25) is 4.79 Å². The molecular weight excluding hydrogens is 392 g/mol. The first-order valence-electron chi connectivity index (χ1n) is 8.08. The van der Waals surface area contributed by atoms with Gasteiger partial charge in [-0.15, -0.1) is 0 Å². The third kappa shape index (κ3) is 3.77. The van der Waals surface area contributed by atoms with Crippen LogP contribution in [0.4, 0.5) is 14.9 Å². The minimum atomic E-state index is -0.562. The SMILES string of the molecule is C[C@@H](c1c[nH]c(=O)c2c(Cl)cccc12)N(C)C(=O)Nc1ccc(F)c(Cl)c1. The van der Waals surface area contributed by atoms with Gasteiger partial charge in [0.15, 0.2) is 0 Å². The van der Waals surface area contributed by atoms with E-state index in [1.165, 1.54) is 23.1 Å². The molecule has 3 rings (SSSR count). The quantitative estimate of drug-likeness (QED) is 0.626. The maximum absolute atomic E-state index is 13.3. The molecule has 5 nitrogen and oxygen atoms in total. The van der Waals surface area contributed by atoms with Crippen molar-refractivity contribution in [2.45, 2.75) is 13.0 Å². The van der Waals surface area contributed by atoms with Gasteiger partial charge in [0.1, 0.15) is 5.82 Å². The Balaban J connectivity index is 1.90. The van der Waals surface area contributed by atoms with Gasteiger partial charge in [-0.05, 0) is 42.1 Å². The summed E-state index contributed by atoms with van der Waals surface area (Å²) in [6, 6.07) is 8.33. The second-order valence-corrected chi connectivity index (χ2v) is 6.90. The predicted molar refractivity (Wildman–Crippen MR) is 106 cm³/mol. The number of aromatic amines is 1. The van der Waals surface area contributed by atoms with Crippen LogP contribution in [0.25, 0.3) is 10.8 Å². The monoisotopic (exact) mass is 407 g/mol. The smallest absolute Gasteiger partial charge is 0.322 e. The first-order valence-corrected chi connectivity index (χ1v) is 8.84. The van der Waals surface area contributed by atoms with Crippen LogP contribution in [0.1, 0.15) is 18.5 Å². The number of benzene rings is 2. The van der Waals surface area contributed by atoms with E-state index >= 15 is 0 Å². The van der Waals surface area contributed by atoms with Crippen molar-refractivity contribution < 1.29 is 9.18 Å². The van der Waals surface area contributed by atoms with Crippen molar-refractivity contribution >= 4 is 45.7 Å². The minimum Gasteiger partial charge on any atom is -0.328 e. The normalized spacial score (nSPS) is 12.0. The van der Waals surface area contributed by atoms with E-state index in [9.17, 15) is 14.0 Å². The standard InChI is InChI=1S/C19H16Cl2FN3O2/c1-10(13-9-23-18(26)17-12(13)4-3-5-14(17)20)25(2)19(27)24-11-6-7-16(22)15(21)8-11/h3-10H,1-2H3,(H,23,26)(H,24,27)/t10-/m0/s1. The van der Waals surface area contributed by atoms with E-state index in [2.05, 4.69) is 10.3 Å². The molecular formula is C19H16Cl2FN3O2. The maximum Gasteiger partial charge on any atom is 0.322 e. The Morgan fingerprint density at radius 1 is 1.22 bits per heavy atom. The maximum atomic E-state index is 13.3. The van der Waals surface area contributed by atoms with E-state index in [4.69, 9.17) is 23.2 Å². The number of carbonyl (C=O) groups excluding carboxylic acids is 1. The van der Waals surface area contributed by atoms with Gasteiger partial charge in [0, 0.05) is 18.9 Å². The van der Waals surface area contributed by atoms with E-state index in [1.54, 1.807) is 31.4 Å². The predicted octanol–water partition coefficient (Wildman–Crippen LogP) is 5.20. The molecule has 2 aromatic carbocycles. The zero-order chi connectivity index (χ0) is 19.7. The van der Waals surface area contributed by atoms with Crippen LogP contribution in [0.3, 0.4) is 0 Å². The van der Waals surface area contributed by atoms with Crippen molar-refractivity contribution in [3.8, 4) is 0 Å². The number of rotatable bonds is 3. The molecule has 1 atom stereocenters. The highest BCUT2D eigenvalue weighted by molar-refractivity contribution is 6.35. The van der Waals surface area contributed by atoms with E-state index < -0.39 is 11.8 Å². The molecule has 0 aliphatic carbocycles. The van der Waals surface area contributed by atoms with Crippen molar-refractivity contribution in [1.82, 2.24) is 9.88 Å². The third-order valence-corrected chi connectivity index (χ3v) is 5.04.